The summed E-state index contributed by atoms with van der Waals surface area (Å²) in [6, 6.07) is -0.382. The molecule has 2 saturated heterocycles. The lowest BCUT2D eigenvalue weighted by Gasteiger charge is -2.19. The molecule has 2 rings (SSSR count). The molecule has 2 atom stereocenters. The molecule has 0 aromatic heterocycles. The van der Waals surface area contributed by atoms with E-state index in [9.17, 15) is 9.59 Å². The first-order valence-corrected chi connectivity index (χ1v) is 5.05. The smallest absolute Gasteiger partial charge is 0.314 e. The van der Waals surface area contributed by atoms with Crippen LogP contribution >= 0.6 is 0 Å². The van der Waals surface area contributed by atoms with Crippen LogP contribution in [0.3, 0.4) is 0 Å². The van der Waals surface area contributed by atoms with Crippen LogP contribution in [0.2, 0.25) is 0 Å². The van der Waals surface area contributed by atoms with Gasteiger partial charge in [0, 0.05) is 13.1 Å². The zero-order chi connectivity index (χ0) is 11.7. The van der Waals surface area contributed by atoms with Crippen molar-refractivity contribution in [2.45, 2.75) is 12.3 Å². The Labute approximate surface area is 93.6 Å². The minimum absolute atomic E-state index is 0.123. The first kappa shape index (κ1) is 10.5. The molecule has 4 amide bonds. The first-order valence-electron chi connectivity index (χ1n) is 5.05. The fourth-order valence-corrected chi connectivity index (χ4v) is 2.03. The van der Waals surface area contributed by atoms with E-state index in [-0.39, 0.29) is 24.4 Å². The maximum Gasteiger partial charge on any atom is 0.324 e. The van der Waals surface area contributed by atoms with Crippen molar-refractivity contribution < 1.29 is 9.59 Å². The number of amides is 4. The van der Waals surface area contributed by atoms with E-state index in [1.54, 1.807) is 22.0 Å². The predicted octanol–water partition coefficient (Wildman–Crippen LogP) is 0.0610. The summed E-state index contributed by atoms with van der Waals surface area (Å²) in [5.74, 6) is 0. The number of nitrogens with one attached hydrogen (secondary N) is 2. The molecule has 86 valence electrons. The van der Waals surface area contributed by atoms with Gasteiger partial charge in [0.05, 0.1) is 0 Å². The van der Waals surface area contributed by atoms with Gasteiger partial charge in [0.15, 0.2) is 0 Å². The molecule has 0 aliphatic carbocycles. The van der Waals surface area contributed by atoms with Gasteiger partial charge in [-0.1, -0.05) is 12.2 Å². The van der Waals surface area contributed by atoms with E-state index in [1.165, 1.54) is 0 Å². The van der Waals surface area contributed by atoms with Crippen LogP contribution in [0.4, 0.5) is 9.59 Å². The Bertz CT molecular complexity index is 325. The van der Waals surface area contributed by atoms with Gasteiger partial charge in [-0.2, -0.15) is 0 Å². The van der Waals surface area contributed by atoms with Gasteiger partial charge >= 0.3 is 12.1 Å². The molecule has 2 heterocycles. The lowest BCUT2D eigenvalue weighted by atomic mass is 10.4. The molecule has 2 aliphatic rings. The van der Waals surface area contributed by atoms with Crippen LogP contribution < -0.4 is 10.6 Å². The second-order valence-electron chi connectivity index (χ2n) is 3.67. The van der Waals surface area contributed by atoms with Gasteiger partial charge in [0.2, 0.25) is 0 Å². The number of nitrogens with zero attached hydrogens (tertiary/aromatic N) is 2. The average Bonchev–Trinajstić information content (AvgIpc) is 2.71. The van der Waals surface area contributed by atoms with Crippen molar-refractivity contribution in [2.75, 3.05) is 13.1 Å². The van der Waals surface area contributed by atoms with Crippen LogP contribution in [0.1, 0.15) is 0 Å². The summed E-state index contributed by atoms with van der Waals surface area (Å²) in [7, 11) is 0. The predicted molar refractivity (Wildman–Crippen MR) is 58.4 cm³/mol. The molecule has 0 radical (unpaired) electrons. The van der Waals surface area contributed by atoms with E-state index in [0.717, 1.165) is 0 Å². The molecule has 0 spiro atoms. The fraction of sp³-hybridized carbons (Fsp3) is 0.400. The van der Waals surface area contributed by atoms with Crippen molar-refractivity contribution in [2.24, 2.45) is 0 Å². The van der Waals surface area contributed by atoms with Gasteiger partial charge in [-0.05, 0) is 0 Å². The van der Waals surface area contributed by atoms with Gasteiger partial charge in [-0.15, -0.1) is 13.2 Å². The highest BCUT2D eigenvalue weighted by atomic mass is 16.2. The second kappa shape index (κ2) is 3.88. The summed E-state index contributed by atoms with van der Waals surface area (Å²) >= 11 is 0. The quantitative estimate of drug-likeness (QED) is 0.661. The maximum atomic E-state index is 12.0. The van der Waals surface area contributed by atoms with Crippen LogP contribution in [0.5, 0.6) is 0 Å². The lowest BCUT2D eigenvalue weighted by molar-refractivity contribution is 0.185. The van der Waals surface area contributed by atoms with Crippen molar-refractivity contribution in [1.29, 1.82) is 0 Å². The summed E-state index contributed by atoms with van der Waals surface area (Å²) in [4.78, 5) is 26.3. The highest BCUT2D eigenvalue weighted by molar-refractivity contribution is 5.85. The number of hydrogen-bond acceptors (Lipinski definition) is 2. The monoisotopic (exact) mass is 222 g/mol. The second-order valence-corrected chi connectivity index (χ2v) is 3.67. The fourth-order valence-electron chi connectivity index (χ4n) is 2.03. The molecule has 2 N–H and O–H groups in total. The summed E-state index contributed by atoms with van der Waals surface area (Å²) < 4.78 is 0. The van der Waals surface area contributed by atoms with Crippen LogP contribution in [0, 0.1) is 0 Å². The summed E-state index contributed by atoms with van der Waals surface area (Å²) in [5.41, 5.74) is 0. The van der Waals surface area contributed by atoms with Gasteiger partial charge in [0.25, 0.3) is 0 Å². The van der Waals surface area contributed by atoms with Gasteiger partial charge < -0.3 is 10.6 Å². The van der Waals surface area contributed by atoms with Crippen molar-refractivity contribution in [3.8, 4) is 0 Å². The first-order chi connectivity index (χ1) is 7.69. The molecular weight excluding hydrogens is 208 g/mol. The summed E-state index contributed by atoms with van der Waals surface area (Å²) in [5, 5.41) is 5.40. The van der Waals surface area contributed by atoms with E-state index in [4.69, 9.17) is 0 Å². The molecule has 6 heteroatoms. The van der Waals surface area contributed by atoms with E-state index in [0.29, 0.717) is 13.1 Å². The third-order valence-electron chi connectivity index (χ3n) is 2.67. The molecule has 16 heavy (non-hydrogen) atoms. The normalized spacial score (nSPS) is 27.5. The maximum absolute atomic E-state index is 12.0. The zero-order valence-corrected chi connectivity index (χ0v) is 8.85. The number of hydrogen-bond donors (Lipinski definition) is 2. The van der Waals surface area contributed by atoms with E-state index < -0.39 is 0 Å². The molecule has 0 aromatic rings. The Morgan fingerprint density at radius 2 is 1.50 bits per heavy atom. The largest absolute Gasteiger partial charge is 0.324 e. The number of carbonyl (C=O) groups is 2. The van der Waals surface area contributed by atoms with Gasteiger partial charge in [0.1, 0.15) is 12.3 Å². The molecule has 2 aliphatic heterocycles. The third-order valence-corrected chi connectivity index (χ3v) is 2.67. The Morgan fingerprint density at radius 1 is 1.06 bits per heavy atom. The molecule has 6 nitrogen and oxygen atoms in total. The van der Waals surface area contributed by atoms with Crippen molar-refractivity contribution in [3.05, 3.63) is 25.3 Å². The topological polar surface area (TPSA) is 64.7 Å². The Kier molecular flexibility index (Phi) is 2.55. The van der Waals surface area contributed by atoms with Crippen LogP contribution in [0.15, 0.2) is 25.3 Å². The molecular formula is C10H14N4O2. The minimum atomic E-state index is -0.321. The van der Waals surface area contributed by atoms with Crippen LogP contribution in [-0.2, 0) is 0 Å². The van der Waals surface area contributed by atoms with E-state index in [1.807, 2.05) is 0 Å². The molecule has 0 saturated carbocycles. The standard InChI is InChI=1S/C10H14N4O2/c1-3-5-13-7-8(12-9(15)11-7)14(6-4-2)10(13)16/h3-4,7-8H,1-2,5-6H2,(H2,11,12,15)/t7-,8-/m0/s1. The summed E-state index contributed by atoms with van der Waals surface area (Å²) in [6.45, 7) is 8.02. The lowest BCUT2D eigenvalue weighted by Crippen LogP contribution is -2.43. The third kappa shape index (κ3) is 1.42. The molecule has 0 aromatic carbocycles. The van der Waals surface area contributed by atoms with Crippen molar-refractivity contribution in [1.82, 2.24) is 20.4 Å². The highest BCUT2D eigenvalue weighted by Crippen LogP contribution is 2.22. The Balaban J connectivity index is 2.22. The van der Waals surface area contributed by atoms with E-state index >= 15 is 0 Å². The van der Waals surface area contributed by atoms with Crippen LogP contribution in [0.25, 0.3) is 0 Å². The highest BCUT2D eigenvalue weighted by Gasteiger charge is 2.49. The number of urea groups is 2. The molecule has 0 bridgehead atoms. The summed E-state index contributed by atoms with van der Waals surface area (Å²) in [6.07, 6.45) is 2.63. The number of carbonyl (C=O) groups excluding carboxylic acids is 2. The van der Waals surface area contributed by atoms with Crippen LogP contribution in [-0.4, -0.2) is 47.3 Å². The zero-order valence-electron chi connectivity index (χ0n) is 8.85. The Hall–Kier alpha value is -1.98. The van der Waals surface area contributed by atoms with Gasteiger partial charge in [-0.3, -0.25) is 9.80 Å². The number of rotatable bonds is 4. The SMILES string of the molecule is C=CCN1C(=O)N(CC=C)[C@@H]2NC(=O)N[C@H]21. The van der Waals surface area contributed by atoms with Gasteiger partial charge in [-0.25, -0.2) is 9.59 Å². The van der Waals surface area contributed by atoms with E-state index in [2.05, 4.69) is 23.8 Å². The molecule has 2 fully saturated rings. The minimum Gasteiger partial charge on any atom is -0.314 e. The average molecular weight is 222 g/mol. The van der Waals surface area contributed by atoms with Crippen molar-refractivity contribution in [3.63, 3.8) is 0 Å². The molecule has 0 unspecified atom stereocenters. The Morgan fingerprint density at radius 3 is 1.88 bits per heavy atom. The van der Waals surface area contributed by atoms with Crippen molar-refractivity contribution >= 4 is 12.1 Å². The number of fused-ring (bicyclic) bond motifs is 1.